The number of nitrogens with zero attached hydrogens (tertiary/aromatic N) is 1. The Hall–Kier alpha value is -0.0800. The molecule has 2 nitrogen and oxygen atoms in total. The van der Waals surface area contributed by atoms with E-state index in [1.165, 1.54) is 51.6 Å². The zero-order valence-electron chi connectivity index (χ0n) is 11.9. The predicted molar refractivity (Wildman–Crippen MR) is 74.2 cm³/mol. The number of likely N-dealkylation sites (N-methyl/N-ethyl adjacent to an activating group) is 1. The number of rotatable bonds is 3. The fourth-order valence-corrected chi connectivity index (χ4v) is 3.78. The molecule has 1 saturated heterocycles. The van der Waals surface area contributed by atoms with Gasteiger partial charge in [-0.15, -0.1) is 0 Å². The first-order valence-corrected chi connectivity index (χ1v) is 7.65. The van der Waals surface area contributed by atoms with Crippen LogP contribution in [0.5, 0.6) is 0 Å². The number of piperidine rings is 1. The number of likely N-dealkylation sites (tertiary alicyclic amines) is 1. The average molecular weight is 238 g/mol. The van der Waals surface area contributed by atoms with E-state index in [2.05, 4.69) is 31.1 Å². The van der Waals surface area contributed by atoms with Crippen LogP contribution < -0.4 is 5.32 Å². The Balaban J connectivity index is 1.90. The summed E-state index contributed by atoms with van der Waals surface area (Å²) in [5, 5.41) is 3.56. The van der Waals surface area contributed by atoms with Crippen LogP contribution >= 0.6 is 0 Å². The molecular formula is C15H30N2. The Morgan fingerprint density at radius 3 is 2.41 bits per heavy atom. The molecule has 17 heavy (non-hydrogen) atoms. The SMILES string of the molecule is CCC1CCN(C2CC(C)CCC2NC)CC1. The summed E-state index contributed by atoms with van der Waals surface area (Å²) in [5.41, 5.74) is 0. The van der Waals surface area contributed by atoms with Crippen molar-refractivity contribution < 1.29 is 0 Å². The van der Waals surface area contributed by atoms with Crippen molar-refractivity contribution in [2.45, 2.75) is 64.5 Å². The first kappa shape index (κ1) is 13.4. The number of hydrogen-bond acceptors (Lipinski definition) is 2. The molecule has 2 rings (SSSR count). The molecule has 2 heteroatoms. The molecule has 1 aliphatic heterocycles. The van der Waals surface area contributed by atoms with Gasteiger partial charge in [-0.1, -0.05) is 20.3 Å². The molecule has 2 aliphatic rings. The molecule has 3 unspecified atom stereocenters. The van der Waals surface area contributed by atoms with Crippen LogP contribution in [-0.4, -0.2) is 37.1 Å². The molecule has 0 aromatic carbocycles. The van der Waals surface area contributed by atoms with Crippen LogP contribution in [0.2, 0.25) is 0 Å². The summed E-state index contributed by atoms with van der Waals surface area (Å²) in [7, 11) is 2.15. The highest BCUT2D eigenvalue weighted by Gasteiger charge is 2.33. The highest BCUT2D eigenvalue weighted by Crippen LogP contribution is 2.31. The topological polar surface area (TPSA) is 15.3 Å². The molecular weight excluding hydrogens is 208 g/mol. The van der Waals surface area contributed by atoms with Gasteiger partial charge < -0.3 is 5.32 Å². The summed E-state index contributed by atoms with van der Waals surface area (Å²) in [4.78, 5) is 2.78. The van der Waals surface area contributed by atoms with Gasteiger partial charge in [-0.25, -0.2) is 0 Å². The second-order valence-electron chi connectivity index (χ2n) is 6.27. The van der Waals surface area contributed by atoms with Crippen molar-refractivity contribution in [1.29, 1.82) is 0 Å². The van der Waals surface area contributed by atoms with Crippen molar-refractivity contribution in [2.75, 3.05) is 20.1 Å². The van der Waals surface area contributed by atoms with Crippen LogP contribution in [0.4, 0.5) is 0 Å². The van der Waals surface area contributed by atoms with Crippen molar-refractivity contribution >= 4 is 0 Å². The van der Waals surface area contributed by atoms with Crippen molar-refractivity contribution in [3.63, 3.8) is 0 Å². The van der Waals surface area contributed by atoms with Gasteiger partial charge in [0.25, 0.3) is 0 Å². The van der Waals surface area contributed by atoms with Crippen LogP contribution in [0.1, 0.15) is 52.4 Å². The van der Waals surface area contributed by atoms with E-state index in [4.69, 9.17) is 0 Å². The van der Waals surface area contributed by atoms with Crippen molar-refractivity contribution in [2.24, 2.45) is 11.8 Å². The van der Waals surface area contributed by atoms with Gasteiger partial charge in [0.05, 0.1) is 0 Å². The van der Waals surface area contributed by atoms with E-state index < -0.39 is 0 Å². The van der Waals surface area contributed by atoms with Gasteiger partial charge in [0.2, 0.25) is 0 Å². The van der Waals surface area contributed by atoms with E-state index in [1.807, 2.05) is 0 Å². The van der Waals surface area contributed by atoms with Gasteiger partial charge in [0, 0.05) is 12.1 Å². The maximum atomic E-state index is 3.56. The van der Waals surface area contributed by atoms with Gasteiger partial charge in [-0.2, -0.15) is 0 Å². The van der Waals surface area contributed by atoms with Crippen LogP contribution in [0, 0.1) is 11.8 Å². The molecule has 1 heterocycles. The van der Waals surface area contributed by atoms with Crippen LogP contribution in [0.3, 0.4) is 0 Å². The molecule has 100 valence electrons. The Bertz CT molecular complexity index is 221. The van der Waals surface area contributed by atoms with Crippen molar-refractivity contribution in [3.05, 3.63) is 0 Å². The number of nitrogens with one attached hydrogen (secondary N) is 1. The van der Waals surface area contributed by atoms with E-state index in [0.29, 0.717) is 0 Å². The van der Waals surface area contributed by atoms with E-state index in [1.54, 1.807) is 0 Å². The Kier molecular flexibility index (Phi) is 4.87. The third-order valence-corrected chi connectivity index (χ3v) is 5.15. The summed E-state index contributed by atoms with van der Waals surface area (Å²) < 4.78 is 0. The van der Waals surface area contributed by atoms with E-state index in [-0.39, 0.29) is 0 Å². The maximum absolute atomic E-state index is 3.56. The van der Waals surface area contributed by atoms with E-state index in [9.17, 15) is 0 Å². The number of hydrogen-bond donors (Lipinski definition) is 1. The summed E-state index contributed by atoms with van der Waals surface area (Å²) in [6.07, 6.45) is 8.42. The minimum Gasteiger partial charge on any atom is -0.315 e. The molecule has 1 aliphatic carbocycles. The van der Waals surface area contributed by atoms with Crippen molar-refractivity contribution in [3.8, 4) is 0 Å². The summed E-state index contributed by atoms with van der Waals surface area (Å²) in [6, 6.07) is 1.55. The Labute approximate surface area is 107 Å². The molecule has 1 N–H and O–H groups in total. The molecule has 0 spiro atoms. The fraction of sp³-hybridized carbons (Fsp3) is 1.00. The lowest BCUT2D eigenvalue weighted by Gasteiger charge is -2.44. The summed E-state index contributed by atoms with van der Waals surface area (Å²) in [5.74, 6) is 1.92. The fourth-order valence-electron chi connectivity index (χ4n) is 3.78. The lowest BCUT2D eigenvalue weighted by Crippen LogP contribution is -2.54. The predicted octanol–water partition coefficient (Wildman–Crippen LogP) is 2.89. The largest absolute Gasteiger partial charge is 0.315 e. The molecule has 0 radical (unpaired) electrons. The summed E-state index contributed by atoms with van der Waals surface area (Å²) >= 11 is 0. The quantitative estimate of drug-likeness (QED) is 0.813. The monoisotopic (exact) mass is 238 g/mol. The first-order valence-electron chi connectivity index (χ1n) is 7.65. The molecule has 0 bridgehead atoms. The standard InChI is InChI=1S/C15H30N2/c1-4-13-7-9-17(10-8-13)15-11-12(2)5-6-14(15)16-3/h12-16H,4-11H2,1-3H3. The molecule has 1 saturated carbocycles. The second-order valence-corrected chi connectivity index (χ2v) is 6.27. The zero-order valence-corrected chi connectivity index (χ0v) is 11.9. The first-order chi connectivity index (χ1) is 8.24. The average Bonchev–Trinajstić information content (AvgIpc) is 2.39. The highest BCUT2D eigenvalue weighted by atomic mass is 15.2. The van der Waals surface area contributed by atoms with E-state index in [0.717, 1.165) is 23.9 Å². The lowest BCUT2D eigenvalue weighted by atomic mass is 9.81. The molecule has 0 amide bonds. The maximum Gasteiger partial charge on any atom is 0.0251 e. The lowest BCUT2D eigenvalue weighted by molar-refractivity contribution is 0.0697. The minimum atomic E-state index is 0.740. The zero-order chi connectivity index (χ0) is 12.3. The van der Waals surface area contributed by atoms with Gasteiger partial charge in [0.15, 0.2) is 0 Å². The van der Waals surface area contributed by atoms with Gasteiger partial charge in [-0.05, 0) is 64.1 Å². The molecule has 3 atom stereocenters. The van der Waals surface area contributed by atoms with Gasteiger partial charge in [-0.3, -0.25) is 4.90 Å². The minimum absolute atomic E-state index is 0.740. The Morgan fingerprint density at radius 2 is 1.82 bits per heavy atom. The third kappa shape index (κ3) is 3.23. The Morgan fingerprint density at radius 1 is 1.12 bits per heavy atom. The van der Waals surface area contributed by atoms with E-state index >= 15 is 0 Å². The van der Waals surface area contributed by atoms with Crippen LogP contribution in [-0.2, 0) is 0 Å². The third-order valence-electron chi connectivity index (χ3n) is 5.15. The van der Waals surface area contributed by atoms with Crippen LogP contribution in [0.15, 0.2) is 0 Å². The van der Waals surface area contributed by atoms with Crippen LogP contribution in [0.25, 0.3) is 0 Å². The van der Waals surface area contributed by atoms with Gasteiger partial charge in [0.1, 0.15) is 0 Å². The highest BCUT2D eigenvalue weighted by molar-refractivity contribution is 4.91. The summed E-state index contributed by atoms with van der Waals surface area (Å²) in [6.45, 7) is 7.46. The smallest absolute Gasteiger partial charge is 0.0251 e. The molecule has 0 aromatic rings. The molecule has 0 aromatic heterocycles. The second kappa shape index (κ2) is 6.19. The molecule has 2 fully saturated rings. The normalized spacial score (nSPS) is 37.2. The van der Waals surface area contributed by atoms with Gasteiger partial charge >= 0.3 is 0 Å². The van der Waals surface area contributed by atoms with Crippen molar-refractivity contribution in [1.82, 2.24) is 10.2 Å².